The van der Waals surface area contributed by atoms with Gasteiger partial charge in [0.25, 0.3) is 0 Å². The lowest BCUT2D eigenvalue weighted by Gasteiger charge is -2.31. The first-order chi connectivity index (χ1) is 14.7. The highest BCUT2D eigenvalue weighted by atomic mass is 35.5. The molecule has 1 saturated heterocycles. The summed E-state index contributed by atoms with van der Waals surface area (Å²) in [6.07, 6.45) is 0. The van der Waals surface area contributed by atoms with Crippen molar-refractivity contribution < 1.29 is 14.2 Å². The number of para-hydroxylation sites is 1. The standard InChI is InChI=1S/C22H25ClN4O3/c1-3-29-19-14-18(27-9-11-28-12-10-27)20(30-4-2)13-17(19)24-21-15-7-5-6-8-16(15)25-22(23)26-21/h5-8,13-14H,3-4,9-12H2,1-2H3,(H,24,25,26). The lowest BCUT2D eigenvalue weighted by atomic mass is 10.2. The number of halogens is 1. The molecular formula is C22H25ClN4O3. The number of fused-ring (bicyclic) bond motifs is 1. The molecule has 1 aromatic heterocycles. The summed E-state index contributed by atoms with van der Waals surface area (Å²) >= 11 is 6.16. The second kappa shape index (κ2) is 9.36. The molecule has 2 aromatic carbocycles. The number of ether oxygens (including phenoxy) is 3. The summed E-state index contributed by atoms with van der Waals surface area (Å²) in [6, 6.07) is 11.7. The molecule has 3 aromatic rings. The highest BCUT2D eigenvalue weighted by Gasteiger charge is 2.20. The number of hydrogen-bond acceptors (Lipinski definition) is 7. The van der Waals surface area contributed by atoms with Gasteiger partial charge in [-0.25, -0.2) is 4.98 Å². The van der Waals surface area contributed by atoms with Crippen molar-refractivity contribution in [1.82, 2.24) is 9.97 Å². The molecule has 0 aliphatic carbocycles. The molecule has 1 aliphatic rings. The fraction of sp³-hybridized carbons (Fsp3) is 0.364. The zero-order chi connectivity index (χ0) is 20.9. The van der Waals surface area contributed by atoms with Crippen molar-refractivity contribution in [2.45, 2.75) is 13.8 Å². The summed E-state index contributed by atoms with van der Waals surface area (Å²) in [5, 5.41) is 4.45. The van der Waals surface area contributed by atoms with Gasteiger partial charge in [0.1, 0.15) is 17.3 Å². The zero-order valence-electron chi connectivity index (χ0n) is 17.2. The number of anilines is 3. The van der Waals surface area contributed by atoms with E-state index < -0.39 is 0 Å². The zero-order valence-corrected chi connectivity index (χ0v) is 17.9. The van der Waals surface area contributed by atoms with E-state index in [9.17, 15) is 0 Å². The Morgan fingerprint density at radius 1 is 1.03 bits per heavy atom. The summed E-state index contributed by atoms with van der Waals surface area (Å²) in [4.78, 5) is 11.0. The largest absolute Gasteiger partial charge is 0.492 e. The Hall–Kier alpha value is -2.77. The Bertz CT molecular complexity index is 1020. The average molecular weight is 429 g/mol. The number of nitrogens with zero attached hydrogens (tertiary/aromatic N) is 3. The van der Waals surface area contributed by atoms with Gasteiger partial charge < -0.3 is 24.4 Å². The molecule has 0 saturated carbocycles. The van der Waals surface area contributed by atoms with Crippen LogP contribution in [0.1, 0.15) is 13.8 Å². The van der Waals surface area contributed by atoms with Crippen LogP contribution in [0, 0.1) is 0 Å². The maximum absolute atomic E-state index is 6.16. The Labute approximate surface area is 180 Å². The number of benzene rings is 2. The van der Waals surface area contributed by atoms with E-state index in [1.165, 1.54) is 0 Å². The molecule has 1 aliphatic heterocycles. The van der Waals surface area contributed by atoms with E-state index in [2.05, 4.69) is 20.2 Å². The molecule has 158 valence electrons. The summed E-state index contributed by atoms with van der Waals surface area (Å²) < 4.78 is 17.4. The summed E-state index contributed by atoms with van der Waals surface area (Å²) in [7, 11) is 0. The first-order valence-electron chi connectivity index (χ1n) is 10.1. The van der Waals surface area contributed by atoms with Crippen LogP contribution in [-0.4, -0.2) is 49.5 Å². The molecule has 0 amide bonds. The third-order valence-corrected chi connectivity index (χ3v) is 5.01. The van der Waals surface area contributed by atoms with E-state index in [0.29, 0.717) is 32.2 Å². The fourth-order valence-corrected chi connectivity index (χ4v) is 3.69. The van der Waals surface area contributed by atoms with E-state index >= 15 is 0 Å². The van der Waals surface area contributed by atoms with E-state index in [1.54, 1.807) is 0 Å². The first kappa shape index (κ1) is 20.5. The van der Waals surface area contributed by atoms with Crippen molar-refractivity contribution >= 4 is 39.7 Å². The van der Waals surface area contributed by atoms with Crippen molar-refractivity contribution in [2.75, 3.05) is 49.7 Å². The molecular weight excluding hydrogens is 404 g/mol. The van der Waals surface area contributed by atoms with Crippen LogP contribution in [0.3, 0.4) is 0 Å². The van der Waals surface area contributed by atoms with Crippen molar-refractivity contribution in [1.29, 1.82) is 0 Å². The van der Waals surface area contributed by atoms with Crippen LogP contribution >= 0.6 is 11.6 Å². The minimum atomic E-state index is 0.184. The van der Waals surface area contributed by atoms with Gasteiger partial charge in [0.05, 0.1) is 43.3 Å². The SMILES string of the molecule is CCOc1cc(N2CCOCC2)c(OCC)cc1Nc1nc(Cl)nc2ccccc12. The summed E-state index contributed by atoms with van der Waals surface area (Å²) in [5.74, 6) is 2.13. The normalized spacial score (nSPS) is 14.0. The van der Waals surface area contributed by atoms with Crippen LogP contribution < -0.4 is 19.7 Å². The molecule has 4 rings (SSSR count). The van der Waals surface area contributed by atoms with Crippen molar-refractivity contribution in [3.05, 3.63) is 41.7 Å². The van der Waals surface area contributed by atoms with E-state index in [0.717, 1.165) is 46.9 Å². The maximum Gasteiger partial charge on any atom is 0.224 e. The van der Waals surface area contributed by atoms with Crippen molar-refractivity contribution in [3.8, 4) is 11.5 Å². The van der Waals surface area contributed by atoms with Gasteiger partial charge in [-0.3, -0.25) is 0 Å². The molecule has 1 fully saturated rings. The number of aromatic nitrogens is 2. The molecule has 2 heterocycles. The summed E-state index contributed by atoms with van der Waals surface area (Å²) in [6.45, 7) is 8.05. The Kier molecular flexibility index (Phi) is 6.40. The molecule has 30 heavy (non-hydrogen) atoms. The Morgan fingerprint density at radius 2 is 1.77 bits per heavy atom. The van der Waals surface area contributed by atoms with Gasteiger partial charge in [0.15, 0.2) is 0 Å². The molecule has 8 heteroatoms. The van der Waals surface area contributed by atoms with Gasteiger partial charge in [-0.05, 0) is 37.6 Å². The molecule has 0 spiro atoms. The monoisotopic (exact) mass is 428 g/mol. The Balaban J connectivity index is 1.78. The predicted octanol–water partition coefficient (Wildman–Crippen LogP) is 4.66. The lowest BCUT2D eigenvalue weighted by Crippen LogP contribution is -2.36. The molecule has 0 unspecified atom stereocenters. The minimum Gasteiger partial charge on any atom is -0.492 e. The van der Waals surface area contributed by atoms with Gasteiger partial charge in [0, 0.05) is 30.6 Å². The highest BCUT2D eigenvalue weighted by molar-refractivity contribution is 6.28. The first-order valence-corrected chi connectivity index (χ1v) is 10.5. The van der Waals surface area contributed by atoms with Crippen LogP contribution in [0.2, 0.25) is 5.28 Å². The number of rotatable bonds is 7. The van der Waals surface area contributed by atoms with Gasteiger partial charge in [-0.1, -0.05) is 12.1 Å². The van der Waals surface area contributed by atoms with E-state index in [1.807, 2.05) is 50.2 Å². The number of hydrogen-bond donors (Lipinski definition) is 1. The second-order valence-electron chi connectivity index (χ2n) is 6.76. The average Bonchev–Trinajstić information content (AvgIpc) is 2.76. The number of nitrogens with one attached hydrogen (secondary N) is 1. The van der Waals surface area contributed by atoms with Crippen molar-refractivity contribution in [2.24, 2.45) is 0 Å². The van der Waals surface area contributed by atoms with Crippen LogP contribution in [-0.2, 0) is 4.74 Å². The van der Waals surface area contributed by atoms with Gasteiger partial charge >= 0.3 is 0 Å². The molecule has 1 N–H and O–H groups in total. The van der Waals surface area contributed by atoms with Crippen molar-refractivity contribution in [3.63, 3.8) is 0 Å². The van der Waals surface area contributed by atoms with E-state index in [-0.39, 0.29) is 5.28 Å². The lowest BCUT2D eigenvalue weighted by molar-refractivity contribution is 0.122. The molecule has 0 atom stereocenters. The van der Waals surface area contributed by atoms with Crippen LogP contribution in [0.5, 0.6) is 11.5 Å². The summed E-state index contributed by atoms with van der Waals surface area (Å²) in [5.41, 5.74) is 2.53. The van der Waals surface area contributed by atoms with Gasteiger partial charge in [-0.2, -0.15) is 4.98 Å². The highest BCUT2D eigenvalue weighted by Crippen LogP contribution is 2.41. The van der Waals surface area contributed by atoms with Crippen LogP contribution in [0.25, 0.3) is 10.9 Å². The smallest absolute Gasteiger partial charge is 0.224 e. The van der Waals surface area contributed by atoms with Crippen LogP contribution in [0.15, 0.2) is 36.4 Å². The van der Waals surface area contributed by atoms with Gasteiger partial charge in [-0.15, -0.1) is 0 Å². The Morgan fingerprint density at radius 3 is 2.53 bits per heavy atom. The van der Waals surface area contributed by atoms with Crippen LogP contribution in [0.4, 0.5) is 17.2 Å². The van der Waals surface area contributed by atoms with Gasteiger partial charge in [0.2, 0.25) is 5.28 Å². The third-order valence-electron chi connectivity index (χ3n) is 4.84. The maximum atomic E-state index is 6.16. The number of morpholine rings is 1. The second-order valence-corrected chi connectivity index (χ2v) is 7.10. The topological polar surface area (TPSA) is 68.7 Å². The predicted molar refractivity (Wildman–Crippen MR) is 120 cm³/mol. The molecule has 7 nitrogen and oxygen atoms in total. The quantitative estimate of drug-likeness (QED) is 0.549. The molecule has 0 radical (unpaired) electrons. The molecule has 0 bridgehead atoms. The van der Waals surface area contributed by atoms with E-state index in [4.69, 9.17) is 25.8 Å². The third kappa shape index (κ3) is 4.37. The fourth-order valence-electron chi connectivity index (χ4n) is 3.52. The minimum absolute atomic E-state index is 0.184.